The third-order valence-electron chi connectivity index (χ3n) is 5.10. The summed E-state index contributed by atoms with van der Waals surface area (Å²) in [5.41, 5.74) is 1.56. The van der Waals surface area contributed by atoms with E-state index < -0.39 is 35.2 Å². The predicted molar refractivity (Wildman–Crippen MR) is 127 cm³/mol. The van der Waals surface area contributed by atoms with Gasteiger partial charge in [-0.3, -0.25) is 0 Å². The van der Waals surface area contributed by atoms with Gasteiger partial charge in [0.05, 0.1) is 16.1 Å². The molecule has 4 rings (SSSR count). The molecule has 14 heteroatoms. The van der Waals surface area contributed by atoms with Gasteiger partial charge in [-0.15, -0.1) is 0 Å². The monoisotopic (exact) mass is 538 g/mol. The number of aromatic nitrogens is 3. The van der Waals surface area contributed by atoms with Crippen LogP contribution in [0.1, 0.15) is 11.1 Å². The summed E-state index contributed by atoms with van der Waals surface area (Å²) in [6.07, 6.45) is -4.55. The Bertz CT molecular complexity index is 1550. The lowest BCUT2D eigenvalue weighted by Crippen LogP contribution is -2.22. The summed E-state index contributed by atoms with van der Waals surface area (Å²) in [6.45, 7) is -2.41. The lowest BCUT2D eigenvalue weighted by atomic mass is 10.1. The zero-order chi connectivity index (χ0) is 26.8. The molecule has 0 saturated carbocycles. The van der Waals surface area contributed by atoms with Crippen molar-refractivity contribution < 1.29 is 30.4 Å². The molecule has 0 aliphatic rings. The van der Waals surface area contributed by atoms with Crippen molar-refractivity contribution >= 4 is 32.8 Å². The topological polar surface area (TPSA) is 123 Å². The first kappa shape index (κ1) is 26.2. The highest BCUT2D eigenvalue weighted by molar-refractivity contribution is 7.89. The summed E-state index contributed by atoms with van der Waals surface area (Å²) in [6, 6.07) is 12.3. The molecule has 0 spiro atoms. The van der Waals surface area contributed by atoms with Gasteiger partial charge in [0, 0.05) is 12.1 Å². The van der Waals surface area contributed by atoms with E-state index in [0.717, 1.165) is 6.07 Å². The molecule has 0 saturated heterocycles. The van der Waals surface area contributed by atoms with E-state index in [0.29, 0.717) is 16.8 Å². The molecule has 0 atom stereocenters. The van der Waals surface area contributed by atoms with E-state index in [1.807, 2.05) is 0 Å². The lowest BCUT2D eigenvalue weighted by molar-refractivity contribution is -0.115. The second kappa shape index (κ2) is 10.2. The molecule has 4 aromatic rings. The standard InChI is InChI=1S/C23H19F5N6O2S/c24-10-13-7-14(9-17(8-13)37(29,35)36)11-30-22-33-19-6-5-18(15-1-3-16(25)4-2-15)32-20(19)21(34-22)31-12-23(26,27)28/h1-9H,10-12H2,(H2,29,35,36)(H2,30,31,33,34). The molecule has 0 bridgehead atoms. The number of hydrogen-bond acceptors (Lipinski definition) is 7. The fourth-order valence-electron chi connectivity index (χ4n) is 3.44. The molecule has 0 aliphatic heterocycles. The van der Waals surface area contributed by atoms with E-state index in [9.17, 15) is 30.4 Å². The first-order chi connectivity index (χ1) is 17.4. The smallest absolute Gasteiger partial charge is 0.359 e. The molecule has 4 N–H and O–H groups in total. The maximum Gasteiger partial charge on any atom is 0.405 e. The van der Waals surface area contributed by atoms with Crippen molar-refractivity contribution in [1.29, 1.82) is 0 Å². The Morgan fingerprint density at radius 1 is 0.892 bits per heavy atom. The van der Waals surface area contributed by atoms with Gasteiger partial charge in [0.2, 0.25) is 16.0 Å². The first-order valence-electron chi connectivity index (χ1n) is 10.6. The van der Waals surface area contributed by atoms with E-state index in [1.165, 1.54) is 42.5 Å². The first-order valence-corrected chi connectivity index (χ1v) is 12.2. The molecular weight excluding hydrogens is 519 g/mol. The number of rotatable bonds is 8. The van der Waals surface area contributed by atoms with E-state index >= 15 is 0 Å². The van der Waals surface area contributed by atoms with Crippen molar-refractivity contribution in [2.75, 3.05) is 17.2 Å². The molecule has 2 aromatic heterocycles. The van der Waals surface area contributed by atoms with Gasteiger partial charge < -0.3 is 10.6 Å². The second-order valence-electron chi connectivity index (χ2n) is 7.95. The van der Waals surface area contributed by atoms with Crippen molar-refractivity contribution in [3.8, 4) is 11.3 Å². The van der Waals surface area contributed by atoms with Crippen LogP contribution in [-0.4, -0.2) is 36.1 Å². The Morgan fingerprint density at radius 2 is 1.59 bits per heavy atom. The van der Waals surface area contributed by atoms with Crippen LogP contribution in [0.25, 0.3) is 22.3 Å². The molecular formula is C23H19F5N6O2S. The van der Waals surface area contributed by atoms with Crippen molar-refractivity contribution in [1.82, 2.24) is 15.0 Å². The Balaban J connectivity index is 1.69. The summed E-state index contributed by atoms with van der Waals surface area (Å²) < 4.78 is 88.7. The van der Waals surface area contributed by atoms with Gasteiger partial charge in [-0.25, -0.2) is 32.3 Å². The van der Waals surface area contributed by atoms with Gasteiger partial charge in [0.25, 0.3) is 0 Å². The summed E-state index contributed by atoms with van der Waals surface area (Å²) >= 11 is 0. The van der Waals surface area contributed by atoms with Crippen molar-refractivity contribution in [3.05, 3.63) is 71.5 Å². The number of fused-ring (bicyclic) bond motifs is 1. The maximum absolute atomic E-state index is 13.3. The number of benzene rings is 2. The van der Waals surface area contributed by atoms with Gasteiger partial charge in [0.1, 0.15) is 24.6 Å². The highest BCUT2D eigenvalue weighted by Gasteiger charge is 2.27. The van der Waals surface area contributed by atoms with Crippen LogP contribution in [0.5, 0.6) is 0 Å². The Kier molecular flexibility index (Phi) is 7.23. The van der Waals surface area contributed by atoms with Crippen molar-refractivity contribution in [2.24, 2.45) is 5.14 Å². The van der Waals surface area contributed by atoms with Crippen LogP contribution in [0.2, 0.25) is 0 Å². The minimum Gasteiger partial charge on any atom is -0.359 e. The molecule has 0 fully saturated rings. The molecule has 0 unspecified atom stereocenters. The SMILES string of the molecule is NS(=O)(=O)c1cc(CF)cc(CNc2nc(NCC(F)(F)F)c3nc(-c4ccc(F)cc4)ccc3n2)c1. The lowest BCUT2D eigenvalue weighted by Gasteiger charge is -2.14. The van der Waals surface area contributed by atoms with Crippen LogP contribution in [0.15, 0.2) is 59.5 Å². The van der Waals surface area contributed by atoms with E-state index in [1.54, 1.807) is 6.07 Å². The van der Waals surface area contributed by atoms with Gasteiger partial charge in [-0.1, -0.05) is 6.07 Å². The summed E-state index contributed by atoms with van der Waals surface area (Å²) in [7, 11) is -4.10. The highest BCUT2D eigenvalue weighted by Crippen LogP contribution is 2.27. The van der Waals surface area contributed by atoms with Crippen LogP contribution in [0, 0.1) is 5.82 Å². The molecule has 2 aromatic carbocycles. The normalized spacial score (nSPS) is 12.1. The number of pyridine rings is 1. The summed E-state index contributed by atoms with van der Waals surface area (Å²) in [5.74, 6) is -0.753. The Hall–Kier alpha value is -3.91. The third-order valence-corrected chi connectivity index (χ3v) is 5.99. The van der Waals surface area contributed by atoms with Crippen LogP contribution < -0.4 is 15.8 Å². The molecule has 194 valence electrons. The zero-order valence-electron chi connectivity index (χ0n) is 18.9. The van der Waals surface area contributed by atoms with E-state index in [2.05, 4.69) is 25.6 Å². The van der Waals surface area contributed by atoms with Gasteiger partial charge in [-0.05, 0) is 59.7 Å². The number of anilines is 2. The van der Waals surface area contributed by atoms with Crippen LogP contribution >= 0.6 is 0 Å². The third kappa shape index (κ3) is 6.65. The van der Waals surface area contributed by atoms with Crippen molar-refractivity contribution in [2.45, 2.75) is 24.3 Å². The van der Waals surface area contributed by atoms with Crippen LogP contribution in [0.4, 0.5) is 33.7 Å². The zero-order valence-corrected chi connectivity index (χ0v) is 19.7. The van der Waals surface area contributed by atoms with Crippen LogP contribution in [-0.2, 0) is 23.2 Å². The van der Waals surface area contributed by atoms with E-state index in [4.69, 9.17) is 5.14 Å². The van der Waals surface area contributed by atoms with E-state index in [-0.39, 0.29) is 39.8 Å². The number of nitrogens with zero attached hydrogens (tertiary/aromatic N) is 3. The molecule has 0 radical (unpaired) electrons. The molecule has 8 nitrogen and oxygen atoms in total. The summed E-state index contributed by atoms with van der Waals surface area (Å²) in [5, 5.41) is 10.2. The van der Waals surface area contributed by atoms with Gasteiger partial charge >= 0.3 is 6.18 Å². The molecule has 0 amide bonds. The minimum absolute atomic E-state index is 0.0487. The second-order valence-corrected chi connectivity index (χ2v) is 9.51. The number of nitrogens with one attached hydrogen (secondary N) is 2. The fourth-order valence-corrected chi connectivity index (χ4v) is 4.07. The molecule has 0 aliphatic carbocycles. The average molecular weight is 539 g/mol. The molecule has 2 heterocycles. The van der Waals surface area contributed by atoms with Gasteiger partial charge in [-0.2, -0.15) is 18.2 Å². The minimum atomic E-state index is -4.55. The number of sulfonamides is 1. The number of nitrogens with two attached hydrogens (primary N) is 1. The maximum atomic E-state index is 13.3. The number of hydrogen-bond donors (Lipinski definition) is 3. The largest absolute Gasteiger partial charge is 0.405 e. The average Bonchev–Trinajstić information content (AvgIpc) is 2.85. The number of alkyl halides is 4. The number of halogens is 5. The van der Waals surface area contributed by atoms with Crippen LogP contribution in [0.3, 0.4) is 0 Å². The van der Waals surface area contributed by atoms with Crippen molar-refractivity contribution in [3.63, 3.8) is 0 Å². The predicted octanol–water partition coefficient (Wildman–Crippen LogP) is 4.53. The quantitative estimate of drug-likeness (QED) is 0.282. The highest BCUT2D eigenvalue weighted by atomic mass is 32.2. The Labute approximate surface area is 207 Å². The summed E-state index contributed by atoms with van der Waals surface area (Å²) in [4.78, 5) is 12.5. The van der Waals surface area contributed by atoms with Gasteiger partial charge in [0.15, 0.2) is 5.82 Å². The Morgan fingerprint density at radius 3 is 2.24 bits per heavy atom. The number of primary sulfonamides is 1. The molecule has 37 heavy (non-hydrogen) atoms. The fraction of sp³-hybridized carbons (Fsp3) is 0.174.